The molecule has 1 aromatic carbocycles. The molecule has 1 saturated heterocycles. The van der Waals surface area contributed by atoms with Crippen molar-refractivity contribution in [3.8, 4) is 0 Å². The number of halogens is 1. The summed E-state index contributed by atoms with van der Waals surface area (Å²) in [6, 6.07) is 2.08. The zero-order chi connectivity index (χ0) is 15.8. The summed E-state index contributed by atoms with van der Waals surface area (Å²) in [7, 11) is -4.10. The molecule has 1 amide bonds. The second kappa shape index (κ2) is 5.36. The maximum absolute atomic E-state index is 13.8. The standard InChI is InChI=1S/C13H17FN2O4S/c1-8-10(14)5-9(6-11(8)21(15,18)19)12(17)16-13(2)3-4-20-7-13/h5-6H,3-4,7H2,1-2H3,(H,16,17)(H2,15,18,19). The van der Waals surface area contributed by atoms with Crippen molar-refractivity contribution in [3.63, 3.8) is 0 Å². The topological polar surface area (TPSA) is 98.5 Å². The molecule has 8 heteroatoms. The van der Waals surface area contributed by atoms with Crippen molar-refractivity contribution >= 4 is 15.9 Å². The molecule has 0 aliphatic carbocycles. The third-order valence-electron chi connectivity index (χ3n) is 3.50. The van der Waals surface area contributed by atoms with Gasteiger partial charge in [-0.3, -0.25) is 4.79 Å². The lowest BCUT2D eigenvalue weighted by atomic mass is 10.0. The smallest absolute Gasteiger partial charge is 0.251 e. The van der Waals surface area contributed by atoms with E-state index in [0.717, 1.165) is 12.1 Å². The number of ether oxygens (including phenoxy) is 1. The van der Waals surface area contributed by atoms with Crippen molar-refractivity contribution in [2.75, 3.05) is 13.2 Å². The lowest BCUT2D eigenvalue weighted by Crippen LogP contribution is -2.46. The molecule has 3 N–H and O–H groups in total. The predicted molar refractivity (Wildman–Crippen MR) is 73.8 cm³/mol. The van der Waals surface area contributed by atoms with Crippen LogP contribution in [-0.2, 0) is 14.8 Å². The van der Waals surface area contributed by atoms with Crippen molar-refractivity contribution in [2.24, 2.45) is 5.14 Å². The van der Waals surface area contributed by atoms with Crippen molar-refractivity contribution in [2.45, 2.75) is 30.7 Å². The number of rotatable bonds is 3. The molecular weight excluding hydrogens is 299 g/mol. The number of hydrogen-bond acceptors (Lipinski definition) is 4. The second-order valence-corrected chi connectivity index (χ2v) is 6.97. The summed E-state index contributed by atoms with van der Waals surface area (Å²) >= 11 is 0. The number of carbonyl (C=O) groups excluding carboxylic acids is 1. The van der Waals surface area contributed by atoms with Crippen LogP contribution in [0.5, 0.6) is 0 Å². The number of nitrogens with two attached hydrogens (primary N) is 1. The Morgan fingerprint density at radius 2 is 2.14 bits per heavy atom. The van der Waals surface area contributed by atoms with E-state index in [-0.39, 0.29) is 16.0 Å². The number of sulfonamides is 1. The van der Waals surface area contributed by atoms with E-state index in [4.69, 9.17) is 9.88 Å². The number of primary sulfonamides is 1. The Morgan fingerprint density at radius 1 is 1.48 bits per heavy atom. The molecule has 6 nitrogen and oxygen atoms in total. The third kappa shape index (κ3) is 3.39. The van der Waals surface area contributed by atoms with Crippen LogP contribution in [0, 0.1) is 12.7 Å². The first kappa shape index (κ1) is 15.9. The maximum Gasteiger partial charge on any atom is 0.251 e. The van der Waals surface area contributed by atoms with Crippen molar-refractivity contribution < 1.29 is 22.3 Å². The van der Waals surface area contributed by atoms with Gasteiger partial charge in [-0.2, -0.15) is 0 Å². The van der Waals surface area contributed by atoms with Crippen molar-refractivity contribution in [3.05, 3.63) is 29.1 Å². The average Bonchev–Trinajstić information content (AvgIpc) is 2.77. The number of benzene rings is 1. The van der Waals surface area contributed by atoms with E-state index >= 15 is 0 Å². The van der Waals surface area contributed by atoms with E-state index in [1.807, 2.05) is 6.92 Å². The predicted octanol–water partition coefficient (Wildman–Crippen LogP) is 0.690. The highest BCUT2D eigenvalue weighted by Gasteiger charge is 2.32. The van der Waals surface area contributed by atoms with Gasteiger partial charge in [0.1, 0.15) is 5.82 Å². The lowest BCUT2D eigenvalue weighted by molar-refractivity contribution is 0.0889. The van der Waals surface area contributed by atoms with E-state index in [9.17, 15) is 17.6 Å². The molecule has 1 unspecified atom stereocenters. The molecule has 1 aliphatic heterocycles. The summed E-state index contributed by atoms with van der Waals surface area (Å²) < 4.78 is 41.9. The van der Waals surface area contributed by atoms with E-state index in [2.05, 4.69) is 5.32 Å². The summed E-state index contributed by atoms with van der Waals surface area (Å²) in [5.74, 6) is -1.36. The molecule has 2 rings (SSSR count). The largest absolute Gasteiger partial charge is 0.379 e. The Hall–Kier alpha value is -1.51. The van der Waals surface area contributed by atoms with E-state index in [0.29, 0.717) is 19.6 Å². The summed E-state index contributed by atoms with van der Waals surface area (Å²) in [5, 5.41) is 7.77. The normalized spacial score (nSPS) is 22.3. The molecule has 0 bridgehead atoms. The van der Waals surface area contributed by atoms with Gasteiger partial charge in [-0.15, -0.1) is 0 Å². The third-order valence-corrected chi connectivity index (χ3v) is 4.54. The first-order chi connectivity index (χ1) is 9.62. The van der Waals surface area contributed by atoms with E-state index in [1.165, 1.54) is 6.92 Å². The van der Waals surface area contributed by atoms with Gasteiger partial charge in [-0.25, -0.2) is 17.9 Å². The zero-order valence-electron chi connectivity index (χ0n) is 11.8. The van der Waals surface area contributed by atoms with Gasteiger partial charge in [0.2, 0.25) is 10.0 Å². The van der Waals surface area contributed by atoms with Gasteiger partial charge >= 0.3 is 0 Å². The minimum atomic E-state index is -4.10. The van der Waals surface area contributed by atoms with E-state index < -0.39 is 27.3 Å². The first-order valence-electron chi connectivity index (χ1n) is 6.36. The molecule has 1 heterocycles. The van der Waals surface area contributed by atoms with Crippen LogP contribution in [0.4, 0.5) is 4.39 Å². The van der Waals surface area contributed by atoms with Gasteiger partial charge in [-0.05, 0) is 32.4 Å². The highest BCUT2D eigenvalue weighted by molar-refractivity contribution is 7.89. The molecule has 0 radical (unpaired) electrons. The molecule has 0 spiro atoms. The Balaban J connectivity index is 2.36. The van der Waals surface area contributed by atoms with Crippen LogP contribution >= 0.6 is 0 Å². The summed E-state index contributed by atoms with van der Waals surface area (Å²) in [6.45, 7) is 3.99. The highest BCUT2D eigenvalue weighted by Crippen LogP contribution is 2.22. The Labute approximate surface area is 122 Å². The minimum Gasteiger partial charge on any atom is -0.379 e. The van der Waals surface area contributed by atoms with Crippen LogP contribution in [0.2, 0.25) is 0 Å². The number of amides is 1. The quantitative estimate of drug-likeness (QED) is 0.857. The Morgan fingerprint density at radius 3 is 2.67 bits per heavy atom. The average molecular weight is 316 g/mol. The van der Waals surface area contributed by atoms with Crippen LogP contribution in [0.1, 0.15) is 29.3 Å². The van der Waals surface area contributed by atoms with Gasteiger partial charge in [0.25, 0.3) is 5.91 Å². The van der Waals surface area contributed by atoms with Crippen molar-refractivity contribution in [1.82, 2.24) is 5.32 Å². The van der Waals surface area contributed by atoms with Gasteiger partial charge < -0.3 is 10.1 Å². The van der Waals surface area contributed by atoms with Crippen LogP contribution in [0.3, 0.4) is 0 Å². The fraction of sp³-hybridized carbons (Fsp3) is 0.462. The summed E-state index contributed by atoms with van der Waals surface area (Å²) in [4.78, 5) is 11.8. The van der Waals surface area contributed by atoms with Crippen LogP contribution in [0.15, 0.2) is 17.0 Å². The fourth-order valence-electron chi connectivity index (χ4n) is 2.19. The molecule has 1 aliphatic rings. The SMILES string of the molecule is Cc1c(F)cc(C(=O)NC2(C)CCOC2)cc1S(N)(=O)=O. The number of carbonyl (C=O) groups is 1. The lowest BCUT2D eigenvalue weighted by Gasteiger charge is -2.23. The van der Waals surface area contributed by atoms with Crippen LogP contribution in [0.25, 0.3) is 0 Å². The maximum atomic E-state index is 13.8. The van der Waals surface area contributed by atoms with E-state index in [1.54, 1.807) is 0 Å². The monoisotopic (exact) mass is 316 g/mol. The van der Waals surface area contributed by atoms with Crippen LogP contribution < -0.4 is 10.5 Å². The first-order valence-corrected chi connectivity index (χ1v) is 7.90. The molecule has 0 saturated carbocycles. The van der Waals surface area contributed by atoms with Crippen LogP contribution in [-0.4, -0.2) is 33.1 Å². The second-order valence-electron chi connectivity index (χ2n) is 5.44. The van der Waals surface area contributed by atoms with Gasteiger partial charge in [-0.1, -0.05) is 0 Å². The Bertz CT molecular complexity index is 682. The number of hydrogen-bond donors (Lipinski definition) is 2. The number of nitrogens with one attached hydrogen (secondary N) is 1. The zero-order valence-corrected chi connectivity index (χ0v) is 12.6. The molecule has 0 aromatic heterocycles. The molecule has 1 fully saturated rings. The Kier molecular flexibility index (Phi) is 4.05. The summed E-state index contributed by atoms with van der Waals surface area (Å²) in [5.41, 5.74) is -0.736. The van der Waals surface area contributed by atoms with Gasteiger partial charge in [0.05, 0.1) is 17.0 Å². The van der Waals surface area contributed by atoms with Gasteiger partial charge in [0.15, 0.2) is 0 Å². The molecule has 1 atom stereocenters. The fourth-order valence-corrected chi connectivity index (χ4v) is 3.01. The molecule has 116 valence electrons. The highest BCUT2D eigenvalue weighted by atomic mass is 32.2. The van der Waals surface area contributed by atoms with Gasteiger partial charge in [0, 0.05) is 17.7 Å². The van der Waals surface area contributed by atoms with Crippen molar-refractivity contribution in [1.29, 1.82) is 0 Å². The summed E-state index contributed by atoms with van der Waals surface area (Å²) in [6.07, 6.45) is 0.634. The minimum absolute atomic E-state index is 0.0877. The molecule has 21 heavy (non-hydrogen) atoms. The molecule has 1 aromatic rings. The molecular formula is C13H17FN2O4S.